The third kappa shape index (κ3) is 7.95. The summed E-state index contributed by atoms with van der Waals surface area (Å²) in [6.07, 6.45) is 0. The molecule has 2 aromatic heterocycles. The van der Waals surface area contributed by atoms with Crippen LogP contribution in [0.4, 0.5) is 0 Å². The van der Waals surface area contributed by atoms with Gasteiger partial charge in [0.15, 0.2) is 0 Å². The normalized spacial score (nSPS) is 12.9. The first kappa shape index (κ1) is 39.2. The molecule has 2 atom stereocenters. The quantitative estimate of drug-likeness (QED) is 0.135. The van der Waals surface area contributed by atoms with Gasteiger partial charge in [-0.1, -0.05) is 59.6 Å². The Morgan fingerprint density at radius 1 is 0.593 bits per heavy atom. The molecule has 0 aliphatic carbocycles. The summed E-state index contributed by atoms with van der Waals surface area (Å²) >= 11 is 14.0. The molecule has 0 spiro atoms. The highest BCUT2D eigenvalue weighted by atomic mass is 127. The van der Waals surface area contributed by atoms with Crippen molar-refractivity contribution in [2.24, 2.45) is 0 Å². The van der Waals surface area contributed by atoms with E-state index in [4.69, 9.17) is 33.4 Å². The molecule has 6 aromatic rings. The Morgan fingerprint density at radius 3 is 1.39 bits per heavy atom. The van der Waals surface area contributed by atoms with Gasteiger partial charge in [-0.2, -0.15) is 10.2 Å². The molecule has 6 rings (SSSR count). The molecule has 278 valence electrons. The molecular formula is C37H31Cl2IN6O6S2. The number of hydrogen-bond donors (Lipinski definition) is 2. The lowest BCUT2D eigenvalue weighted by molar-refractivity contribution is -0.127. The predicted molar refractivity (Wildman–Crippen MR) is 213 cm³/mol. The molecule has 17 heteroatoms. The molecular weight excluding hydrogens is 886 g/mol. The average Bonchev–Trinajstić information content (AvgIpc) is 3.60. The van der Waals surface area contributed by atoms with Gasteiger partial charge in [0.1, 0.15) is 0 Å². The lowest BCUT2D eigenvalue weighted by Crippen LogP contribution is -2.44. The highest BCUT2D eigenvalue weighted by Gasteiger charge is 2.46. The standard InChI is InChI=1S/C37H31Cl2IN6O6S2/c1-22-23(2)41-45(27-10-6-4-7-11-27)34(22)31(36(47)43-53(49,50)29-18-14-25(38)15-19-29)32(37(48)44-54(51,52)30-20-16-26(39)17-21-30)35-33(40)24(3)42-46(35)28-12-8-5-9-13-28/h4-21,31-32H,1-3H3,(H,43,47)(H,44,48). The van der Waals surface area contributed by atoms with Crippen LogP contribution in [0.1, 0.15) is 40.2 Å². The number of aromatic nitrogens is 4. The largest absolute Gasteiger partial charge is 0.273 e. The average molecular weight is 918 g/mol. The van der Waals surface area contributed by atoms with Crippen LogP contribution in [0.15, 0.2) is 119 Å². The zero-order valence-electron chi connectivity index (χ0n) is 28.7. The second kappa shape index (κ2) is 15.7. The highest BCUT2D eigenvalue weighted by Crippen LogP contribution is 2.41. The predicted octanol–water partition coefficient (Wildman–Crippen LogP) is 6.77. The fourth-order valence-corrected chi connectivity index (χ4v) is 8.85. The molecule has 2 N–H and O–H groups in total. The monoisotopic (exact) mass is 916 g/mol. The Labute approximate surface area is 335 Å². The third-order valence-corrected chi connectivity index (χ3v) is 13.2. The van der Waals surface area contributed by atoms with Crippen molar-refractivity contribution in [1.29, 1.82) is 0 Å². The molecule has 0 fully saturated rings. The second-order valence-corrected chi connectivity index (χ2v) is 17.5. The number of amides is 2. The zero-order valence-corrected chi connectivity index (χ0v) is 34.0. The van der Waals surface area contributed by atoms with Crippen LogP contribution in [-0.2, 0) is 29.6 Å². The van der Waals surface area contributed by atoms with Gasteiger partial charge in [-0.05, 0) is 122 Å². The van der Waals surface area contributed by atoms with Crippen molar-refractivity contribution >= 4 is 77.7 Å². The van der Waals surface area contributed by atoms with E-state index in [9.17, 15) is 26.4 Å². The van der Waals surface area contributed by atoms with Gasteiger partial charge in [0.2, 0.25) is 11.8 Å². The summed E-state index contributed by atoms with van der Waals surface area (Å²) in [7, 11) is -9.16. The molecule has 2 amide bonds. The van der Waals surface area contributed by atoms with Crippen LogP contribution >= 0.6 is 45.8 Å². The first-order valence-corrected chi connectivity index (χ1v) is 21.0. The van der Waals surface area contributed by atoms with Crippen LogP contribution in [0.25, 0.3) is 11.4 Å². The Hall–Kier alpha value is -4.55. The Morgan fingerprint density at radius 2 is 0.963 bits per heavy atom. The van der Waals surface area contributed by atoms with Gasteiger partial charge in [0, 0.05) is 10.0 Å². The van der Waals surface area contributed by atoms with Crippen LogP contribution < -0.4 is 9.44 Å². The summed E-state index contributed by atoms with van der Waals surface area (Å²) in [4.78, 5) is 29.4. The van der Waals surface area contributed by atoms with E-state index in [-0.39, 0.29) is 31.2 Å². The molecule has 0 saturated carbocycles. The van der Waals surface area contributed by atoms with E-state index in [1.54, 1.807) is 81.4 Å². The van der Waals surface area contributed by atoms with E-state index in [2.05, 4.69) is 9.44 Å². The maximum absolute atomic E-state index is 15.0. The van der Waals surface area contributed by atoms with Gasteiger partial charge in [-0.25, -0.2) is 35.6 Å². The summed E-state index contributed by atoms with van der Waals surface area (Å²) in [6, 6.07) is 27.9. The fraction of sp³-hybridized carbons (Fsp3) is 0.135. The molecule has 0 radical (unpaired) electrons. The van der Waals surface area contributed by atoms with Crippen molar-refractivity contribution in [1.82, 2.24) is 29.0 Å². The van der Waals surface area contributed by atoms with E-state index in [0.29, 0.717) is 31.9 Å². The van der Waals surface area contributed by atoms with Gasteiger partial charge in [-0.15, -0.1) is 0 Å². The molecule has 2 heterocycles. The number of nitrogens with zero attached hydrogens (tertiary/aromatic N) is 4. The van der Waals surface area contributed by atoms with Gasteiger partial charge in [0.25, 0.3) is 20.0 Å². The first-order chi connectivity index (χ1) is 25.6. The number of hydrogen-bond acceptors (Lipinski definition) is 8. The van der Waals surface area contributed by atoms with Crippen LogP contribution in [0.2, 0.25) is 10.0 Å². The van der Waals surface area contributed by atoms with Crippen molar-refractivity contribution in [2.75, 3.05) is 0 Å². The van der Waals surface area contributed by atoms with Crippen molar-refractivity contribution in [3.63, 3.8) is 0 Å². The van der Waals surface area contributed by atoms with Crippen molar-refractivity contribution < 1.29 is 26.4 Å². The van der Waals surface area contributed by atoms with Crippen LogP contribution in [0.5, 0.6) is 0 Å². The van der Waals surface area contributed by atoms with Crippen molar-refractivity contribution in [2.45, 2.75) is 42.4 Å². The number of sulfonamides is 2. The van der Waals surface area contributed by atoms with E-state index >= 15 is 0 Å². The topological polar surface area (TPSA) is 162 Å². The highest BCUT2D eigenvalue weighted by molar-refractivity contribution is 14.1. The number of rotatable bonds is 11. The van der Waals surface area contributed by atoms with Crippen molar-refractivity contribution in [3.8, 4) is 11.4 Å². The van der Waals surface area contributed by atoms with Gasteiger partial charge >= 0.3 is 0 Å². The van der Waals surface area contributed by atoms with Gasteiger partial charge < -0.3 is 0 Å². The number of para-hydroxylation sites is 2. The number of carbonyl (C=O) groups is 2. The Kier molecular flexibility index (Phi) is 11.4. The van der Waals surface area contributed by atoms with Crippen molar-refractivity contribution in [3.05, 3.63) is 151 Å². The third-order valence-electron chi connectivity index (χ3n) is 8.63. The Balaban J connectivity index is 1.64. The zero-order chi connectivity index (χ0) is 38.9. The van der Waals surface area contributed by atoms with E-state index in [0.717, 1.165) is 0 Å². The summed E-state index contributed by atoms with van der Waals surface area (Å²) in [5.74, 6) is -5.75. The molecule has 0 aliphatic rings. The minimum Gasteiger partial charge on any atom is -0.273 e. The maximum atomic E-state index is 15.0. The molecule has 4 aromatic carbocycles. The molecule has 0 bridgehead atoms. The summed E-state index contributed by atoms with van der Waals surface area (Å²) in [5, 5.41) is 9.95. The Bertz CT molecular complexity index is 2400. The minimum absolute atomic E-state index is 0.130. The maximum Gasteiger partial charge on any atom is 0.264 e. The SMILES string of the molecule is Cc1nn(-c2ccccc2)c(C(C(=O)NS(=O)(=O)c2ccc(Cl)cc2)C(C(=O)NS(=O)(=O)c2ccc(Cl)cc2)c2c(I)c(C)nn2-c2ccccc2)c1C. The molecule has 54 heavy (non-hydrogen) atoms. The van der Waals surface area contributed by atoms with E-state index in [1.165, 1.54) is 57.9 Å². The summed E-state index contributed by atoms with van der Waals surface area (Å²) in [5.41, 5.74) is 2.66. The second-order valence-electron chi connectivity index (χ2n) is 12.2. The van der Waals surface area contributed by atoms with E-state index < -0.39 is 43.7 Å². The molecule has 0 aliphatic heterocycles. The number of nitrogens with one attached hydrogen (secondary N) is 2. The molecule has 0 saturated heterocycles. The number of benzene rings is 4. The smallest absolute Gasteiger partial charge is 0.264 e. The summed E-state index contributed by atoms with van der Waals surface area (Å²) < 4.78 is 63.0. The lowest BCUT2D eigenvalue weighted by atomic mass is 9.83. The van der Waals surface area contributed by atoms with Gasteiger partial charge in [0.05, 0.1) is 59.3 Å². The number of halogens is 3. The fourth-order valence-electron chi connectivity index (χ4n) is 5.92. The number of aryl methyl sites for hydroxylation is 2. The van der Waals surface area contributed by atoms with Crippen LogP contribution in [-0.4, -0.2) is 48.2 Å². The first-order valence-electron chi connectivity index (χ1n) is 16.2. The molecule has 12 nitrogen and oxygen atoms in total. The molecule has 2 unspecified atom stereocenters. The minimum atomic E-state index is -4.58. The number of carbonyl (C=O) groups excluding carboxylic acids is 2. The lowest BCUT2D eigenvalue weighted by Gasteiger charge is -2.28. The summed E-state index contributed by atoms with van der Waals surface area (Å²) in [6.45, 7) is 5.10. The van der Waals surface area contributed by atoms with Crippen LogP contribution in [0, 0.1) is 24.3 Å². The van der Waals surface area contributed by atoms with E-state index in [1.807, 2.05) is 22.6 Å². The van der Waals surface area contributed by atoms with Crippen LogP contribution in [0.3, 0.4) is 0 Å². The van der Waals surface area contributed by atoms with Gasteiger partial charge in [-0.3, -0.25) is 9.59 Å².